The summed E-state index contributed by atoms with van der Waals surface area (Å²) in [6.07, 6.45) is 3.69. The predicted octanol–water partition coefficient (Wildman–Crippen LogP) is 4.29. The van der Waals surface area contributed by atoms with Crippen molar-refractivity contribution < 1.29 is 4.79 Å². The number of carbonyl (C=O) groups excluding carboxylic acids is 1. The standard InChI is InChI=1S/C32H44N8O/c1-32(2,22-38(3)4)23-39-18-20-40(21-19-39)27-13-11-26(12-14-27)36-31-34-17-15-28(37-31)24-7-9-25(10-8-24)35-30(41)29-6-5-16-33-29/h7-15,17,29,33H,5-6,16,18-23H2,1-4H3,(H,35,41)(H,34,36,37)/t29-/m1/s1. The minimum Gasteiger partial charge on any atom is -0.369 e. The van der Waals surface area contributed by atoms with Gasteiger partial charge in [0.1, 0.15) is 0 Å². The molecule has 2 fully saturated rings. The van der Waals surface area contributed by atoms with Crippen LogP contribution in [0.4, 0.5) is 23.0 Å². The molecule has 0 unspecified atom stereocenters. The molecule has 0 aliphatic carbocycles. The number of hydrogen-bond donors (Lipinski definition) is 3. The van der Waals surface area contributed by atoms with Gasteiger partial charge in [-0.2, -0.15) is 0 Å². The topological polar surface area (TPSA) is 88.7 Å². The number of amides is 1. The van der Waals surface area contributed by atoms with E-state index in [-0.39, 0.29) is 17.4 Å². The summed E-state index contributed by atoms with van der Waals surface area (Å²) in [7, 11) is 4.30. The van der Waals surface area contributed by atoms with E-state index in [4.69, 9.17) is 4.98 Å². The molecule has 1 atom stereocenters. The first-order valence-corrected chi connectivity index (χ1v) is 14.7. The van der Waals surface area contributed by atoms with Crippen LogP contribution in [0.25, 0.3) is 11.3 Å². The first-order chi connectivity index (χ1) is 19.7. The molecule has 218 valence electrons. The highest BCUT2D eigenvalue weighted by Crippen LogP contribution is 2.25. The van der Waals surface area contributed by atoms with Crippen LogP contribution in [-0.2, 0) is 4.79 Å². The van der Waals surface area contributed by atoms with Crippen molar-refractivity contribution in [2.45, 2.75) is 32.7 Å². The number of nitrogens with zero attached hydrogens (tertiary/aromatic N) is 5. The molecule has 5 rings (SSSR count). The SMILES string of the molecule is CN(C)CC(C)(C)CN1CCN(c2ccc(Nc3nccc(-c4ccc(NC(=O)[C@H]5CCCN5)cc4)n3)cc2)CC1. The maximum atomic E-state index is 12.4. The minimum absolute atomic E-state index is 0.0247. The number of piperazine rings is 1. The molecule has 3 N–H and O–H groups in total. The summed E-state index contributed by atoms with van der Waals surface area (Å²) in [4.78, 5) is 28.9. The largest absolute Gasteiger partial charge is 0.369 e. The number of benzene rings is 2. The van der Waals surface area contributed by atoms with E-state index in [2.05, 4.69) is 87.8 Å². The first kappa shape index (κ1) is 29.0. The van der Waals surface area contributed by atoms with E-state index < -0.39 is 0 Å². The number of rotatable bonds is 10. The van der Waals surface area contributed by atoms with E-state index in [0.29, 0.717) is 5.95 Å². The summed E-state index contributed by atoms with van der Waals surface area (Å²) in [5, 5.41) is 9.57. The van der Waals surface area contributed by atoms with Gasteiger partial charge in [-0.15, -0.1) is 0 Å². The highest BCUT2D eigenvalue weighted by atomic mass is 16.2. The Kier molecular flexibility index (Phi) is 9.17. The third kappa shape index (κ3) is 8.03. The molecule has 0 saturated carbocycles. The van der Waals surface area contributed by atoms with E-state index in [1.165, 1.54) is 5.69 Å². The molecule has 3 aromatic rings. The zero-order chi connectivity index (χ0) is 28.8. The smallest absolute Gasteiger partial charge is 0.241 e. The molecule has 0 radical (unpaired) electrons. The van der Waals surface area contributed by atoms with Gasteiger partial charge in [0.15, 0.2) is 0 Å². The van der Waals surface area contributed by atoms with Gasteiger partial charge >= 0.3 is 0 Å². The van der Waals surface area contributed by atoms with Gasteiger partial charge in [0.05, 0.1) is 11.7 Å². The van der Waals surface area contributed by atoms with Crippen molar-refractivity contribution in [2.75, 3.05) is 75.4 Å². The lowest BCUT2D eigenvalue weighted by molar-refractivity contribution is -0.117. The molecule has 2 saturated heterocycles. The van der Waals surface area contributed by atoms with Crippen LogP contribution >= 0.6 is 0 Å². The van der Waals surface area contributed by atoms with Gasteiger partial charge in [-0.1, -0.05) is 26.0 Å². The lowest BCUT2D eigenvalue weighted by Gasteiger charge is -2.40. The van der Waals surface area contributed by atoms with Crippen molar-refractivity contribution in [2.24, 2.45) is 5.41 Å². The van der Waals surface area contributed by atoms with Crippen molar-refractivity contribution in [3.05, 3.63) is 60.8 Å². The van der Waals surface area contributed by atoms with Crippen LogP contribution in [0.1, 0.15) is 26.7 Å². The highest BCUT2D eigenvalue weighted by molar-refractivity contribution is 5.95. The van der Waals surface area contributed by atoms with E-state index in [0.717, 1.165) is 81.3 Å². The molecule has 0 spiro atoms. The molecular weight excluding hydrogens is 512 g/mol. The molecule has 3 heterocycles. The predicted molar refractivity (Wildman–Crippen MR) is 168 cm³/mol. The molecule has 0 bridgehead atoms. The number of nitrogens with one attached hydrogen (secondary N) is 3. The van der Waals surface area contributed by atoms with Crippen LogP contribution in [0.2, 0.25) is 0 Å². The quantitative estimate of drug-likeness (QED) is 0.341. The maximum Gasteiger partial charge on any atom is 0.241 e. The second-order valence-electron chi connectivity index (χ2n) is 12.3. The van der Waals surface area contributed by atoms with Crippen LogP contribution in [0.5, 0.6) is 0 Å². The Morgan fingerprint density at radius 1 is 1.00 bits per heavy atom. The summed E-state index contributed by atoms with van der Waals surface area (Å²) >= 11 is 0. The van der Waals surface area contributed by atoms with Crippen molar-refractivity contribution in [1.82, 2.24) is 25.1 Å². The summed E-state index contributed by atoms with van der Waals surface area (Å²) in [5.41, 5.74) is 5.05. The number of anilines is 4. The Balaban J connectivity index is 1.14. The lowest BCUT2D eigenvalue weighted by Crippen LogP contribution is -2.50. The second kappa shape index (κ2) is 13.0. The van der Waals surface area contributed by atoms with Crippen molar-refractivity contribution in [3.63, 3.8) is 0 Å². The summed E-state index contributed by atoms with van der Waals surface area (Å²) in [6.45, 7) is 12.1. The lowest BCUT2D eigenvalue weighted by atomic mass is 9.92. The fraction of sp³-hybridized carbons (Fsp3) is 0.469. The maximum absolute atomic E-state index is 12.4. The molecule has 9 heteroatoms. The minimum atomic E-state index is -0.0971. The fourth-order valence-electron chi connectivity index (χ4n) is 6.00. The Labute approximate surface area is 244 Å². The first-order valence-electron chi connectivity index (χ1n) is 14.7. The Morgan fingerprint density at radius 2 is 1.71 bits per heavy atom. The monoisotopic (exact) mass is 556 g/mol. The van der Waals surface area contributed by atoms with Gasteiger partial charge in [0, 0.05) is 68.1 Å². The van der Waals surface area contributed by atoms with Crippen LogP contribution in [0.15, 0.2) is 60.8 Å². The van der Waals surface area contributed by atoms with Gasteiger partial charge in [0.25, 0.3) is 0 Å². The molecule has 2 aliphatic heterocycles. The van der Waals surface area contributed by atoms with Gasteiger partial charge in [-0.3, -0.25) is 9.69 Å². The number of aromatic nitrogens is 2. The molecule has 2 aromatic carbocycles. The highest BCUT2D eigenvalue weighted by Gasteiger charge is 2.26. The van der Waals surface area contributed by atoms with Gasteiger partial charge < -0.3 is 25.8 Å². The second-order valence-corrected chi connectivity index (χ2v) is 12.3. The Morgan fingerprint density at radius 3 is 2.37 bits per heavy atom. The summed E-state index contributed by atoms with van der Waals surface area (Å²) < 4.78 is 0. The van der Waals surface area contributed by atoms with E-state index in [9.17, 15) is 4.79 Å². The summed E-state index contributed by atoms with van der Waals surface area (Å²) in [6, 6.07) is 18.1. The van der Waals surface area contributed by atoms with Crippen LogP contribution in [0.3, 0.4) is 0 Å². The Hall–Kier alpha value is -3.53. The molecule has 9 nitrogen and oxygen atoms in total. The van der Waals surface area contributed by atoms with E-state index >= 15 is 0 Å². The van der Waals surface area contributed by atoms with Gasteiger partial charge in [-0.05, 0) is 81.4 Å². The third-order valence-electron chi connectivity index (χ3n) is 7.74. The molecular formula is C32H44N8O. The molecule has 1 amide bonds. The summed E-state index contributed by atoms with van der Waals surface area (Å²) in [5.74, 6) is 0.575. The normalized spacial score (nSPS) is 18.1. The fourth-order valence-corrected chi connectivity index (χ4v) is 6.00. The third-order valence-corrected chi connectivity index (χ3v) is 7.74. The van der Waals surface area contributed by atoms with E-state index in [1.54, 1.807) is 6.20 Å². The molecule has 2 aliphatic rings. The number of carbonyl (C=O) groups is 1. The van der Waals surface area contributed by atoms with Gasteiger partial charge in [0.2, 0.25) is 11.9 Å². The number of hydrogen-bond acceptors (Lipinski definition) is 8. The van der Waals surface area contributed by atoms with Crippen molar-refractivity contribution in [1.29, 1.82) is 0 Å². The molecule has 41 heavy (non-hydrogen) atoms. The van der Waals surface area contributed by atoms with Crippen LogP contribution in [-0.4, -0.2) is 91.6 Å². The van der Waals surface area contributed by atoms with Crippen LogP contribution in [0, 0.1) is 5.41 Å². The van der Waals surface area contributed by atoms with Gasteiger partial charge in [-0.25, -0.2) is 9.97 Å². The van der Waals surface area contributed by atoms with Crippen molar-refractivity contribution >= 4 is 28.9 Å². The zero-order valence-electron chi connectivity index (χ0n) is 24.9. The van der Waals surface area contributed by atoms with Crippen LogP contribution < -0.4 is 20.9 Å². The Bertz CT molecular complexity index is 1280. The van der Waals surface area contributed by atoms with Crippen molar-refractivity contribution in [3.8, 4) is 11.3 Å². The average molecular weight is 557 g/mol. The average Bonchev–Trinajstić information content (AvgIpc) is 3.49. The zero-order valence-corrected chi connectivity index (χ0v) is 24.9. The van der Waals surface area contributed by atoms with E-state index in [1.807, 2.05) is 30.3 Å². The molecule has 1 aromatic heterocycles.